The smallest absolute Gasteiger partial charge is 0.100 e. The van der Waals surface area contributed by atoms with Crippen LogP contribution in [0.1, 0.15) is 174 Å². The van der Waals surface area contributed by atoms with Crippen molar-refractivity contribution < 1.29 is 4.39 Å². The second-order valence-electron chi connectivity index (χ2n) is 10.00. The maximum Gasteiger partial charge on any atom is 0.100 e. The molecule has 0 aliphatic rings. The van der Waals surface area contributed by atoms with Gasteiger partial charge in [-0.05, 0) is 19.3 Å². The van der Waals surface area contributed by atoms with Crippen LogP contribution in [0.2, 0.25) is 0 Å². The molecule has 1 atom stereocenters. The summed E-state index contributed by atoms with van der Waals surface area (Å²) in [5.74, 6) is 0. The van der Waals surface area contributed by atoms with E-state index in [1.165, 1.54) is 141 Å². The first-order chi connectivity index (χ1) is 15.3. The quantitative estimate of drug-likeness (QED) is 0.0769. The molecule has 0 saturated carbocycles. The SMILES string of the molecule is CCCCCCCCCCCCCCCCCCCC(F)CCCCCCCCCBr. The van der Waals surface area contributed by atoms with Gasteiger partial charge in [-0.25, -0.2) is 4.39 Å². The van der Waals surface area contributed by atoms with E-state index in [1.807, 2.05) is 0 Å². The highest BCUT2D eigenvalue weighted by atomic mass is 79.9. The molecule has 0 nitrogen and oxygen atoms in total. The minimum absolute atomic E-state index is 0.537. The van der Waals surface area contributed by atoms with Crippen LogP contribution in [0.5, 0.6) is 0 Å². The van der Waals surface area contributed by atoms with E-state index in [2.05, 4.69) is 22.9 Å². The third-order valence-corrected chi connectivity index (χ3v) is 7.33. The van der Waals surface area contributed by atoms with E-state index in [-0.39, 0.29) is 0 Å². The molecule has 2 heteroatoms. The Kier molecular flexibility index (Phi) is 28.8. The molecule has 0 bridgehead atoms. The second-order valence-corrected chi connectivity index (χ2v) is 10.8. The van der Waals surface area contributed by atoms with Crippen molar-refractivity contribution in [2.45, 2.75) is 180 Å². The van der Waals surface area contributed by atoms with Crippen LogP contribution in [0.15, 0.2) is 0 Å². The Morgan fingerprint density at radius 1 is 0.419 bits per heavy atom. The van der Waals surface area contributed by atoms with Crippen LogP contribution < -0.4 is 0 Å². The van der Waals surface area contributed by atoms with Gasteiger partial charge >= 0.3 is 0 Å². The van der Waals surface area contributed by atoms with E-state index < -0.39 is 6.17 Å². The van der Waals surface area contributed by atoms with Gasteiger partial charge in [-0.15, -0.1) is 0 Å². The zero-order valence-corrected chi connectivity index (χ0v) is 23.0. The first-order valence-corrected chi connectivity index (χ1v) is 15.6. The number of unbranched alkanes of at least 4 members (excludes halogenated alkanes) is 22. The third-order valence-electron chi connectivity index (χ3n) is 6.77. The summed E-state index contributed by atoms with van der Waals surface area (Å²) in [7, 11) is 0. The van der Waals surface area contributed by atoms with Crippen LogP contribution in [0.3, 0.4) is 0 Å². The fraction of sp³-hybridized carbons (Fsp3) is 1.00. The predicted octanol–water partition coefficient (Wildman–Crippen LogP) is 11.9. The normalized spacial score (nSPS) is 12.5. The first kappa shape index (κ1) is 31.4. The molecule has 0 N–H and O–H groups in total. The van der Waals surface area contributed by atoms with Gasteiger partial charge < -0.3 is 0 Å². The van der Waals surface area contributed by atoms with Gasteiger partial charge in [-0.3, -0.25) is 0 Å². The van der Waals surface area contributed by atoms with E-state index in [0.29, 0.717) is 0 Å². The zero-order chi connectivity index (χ0) is 22.7. The lowest BCUT2D eigenvalue weighted by Gasteiger charge is -2.08. The summed E-state index contributed by atoms with van der Waals surface area (Å²) >= 11 is 3.48. The number of rotatable bonds is 27. The molecular weight excluding hydrogens is 447 g/mol. The number of halogens is 2. The largest absolute Gasteiger partial charge is 0.247 e. The van der Waals surface area contributed by atoms with Gasteiger partial charge in [0.05, 0.1) is 0 Å². The van der Waals surface area contributed by atoms with Crippen molar-refractivity contribution in [3.05, 3.63) is 0 Å². The molecule has 0 rings (SSSR count). The molecule has 0 spiro atoms. The van der Waals surface area contributed by atoms with Crippen LogP contribution in [0, 0.1) is 0 Å². The van der Waals surface area contributed by atoms with Crippen molar-refractivity contribution in [2.75, 3.05) is 5.33 Å². The van der Waals surface area contributed by atoms with Crippen molar-refractivity contribution in [1.29, 1.82) is 0 Å². The summed E-state index contributed by atoms with van der Waals surface area (Å²) in [5.41, 5.74) is 0. The van der Waals surface area contributed by atoms with Gasteiger partial charge in [-0.1, -0.05) is 171 Å². The standard InChI is InChI=1S/C29H58BrF/c1-2-3-4-5-6-7-8-9-10-11-12-13-14-15-17-20-23-26-29(31)27-24-21-18-16-19-22-25-28-30/h29H,2-28H2,1H3. The minimum atomic E-state index is -0.537. The highest BCUT2D eigenvalue weighted by Gasteiger charge is 2.05. The van der Waals surface area contributed by atoms with Crippen LogP contribution >= 0.6 is 15.9 Å². The van der Waals surface area contributed by atoms with E-state index >= 15 is 0 Å². The summed E-state index contributed by atoms with van der Waals surface area (Å²) < 4.78 is 14.0. The maximum absolute atomic E-state index is 14.0. The van der Waals surface area contributed by atoms with Gasteiger partial charge in [-0.2, -0.15) is 0 Å². The van der Waals surface area contributed by atoms with Crippen LogP contribution in [0.25, 0.3) is 0 Å². The molecule has 0 aliphatic heterocycles. The number of alkyl halides is 2. The van der Waals surface area contributed by atoms with Crippen molar-refractivity contribution >= 4 is 15.9 Å². The molecule has 0 aromatic carbocycles. The molecule has 0 amide bonds. The molecule has 0 aromatic heterocycles. The summed E-state index contributed by atoms with van der Waals surface area (Å²) in [5, 5.41) is 1.13. The topological polar surface area (TPSA) is 0 Å². The van der Waals surface area contributed by atoms with Crippen molar-refractivity contribution in [1.82, 2.24) is 0 Å². The fourth-order valence-electron chi connectivity index (χ4n) is 4.58. The summed E-state index contributed by atoms with van der Waals surface area (Å²) in [6.07, 6.45) is 33.7. The zero-order valence-electron chi connectivity index (χ0n) is 21.4. The van der Waals surface area contributed by atoms with E-state index in [4.69, 9.17) is 0 Å². The van der Waals surface area contributed by atoms with Gasteiger partial charge in [0.1, 0.15) is 6.17 Å². The fourth-order valence-corrected chi connectivity index (χ4v) is 4.98. The number of hydrogen-bond acceptors (Lipinski definition) is 0. The van der Waals surface area contributed by atoms with Gasteiger partial charge in [0.15, 0.2) is 0 Å². The Bertz CT molecular complexity index is 307. The monoisotopic (exact) mass is 504 g/mol. The Morgan fingerprint density at radius 3 is 0.968 bits per heavy atom. The van der Waals surface area contributed by atoms with Crippen molar-refractivity contribution in [3.63, 3.8) is 0 Å². The Hall–Kier alpha value is 0.410. The van der Waals surface area contributed by atoms with E-state index in [1.54, 1.807) is 0 Å². The summed E-state index contributed by atoms with van der Waals surface area (Å²) in [6.45, 7) is 2.29. The molecule has 1 unspecified atom stereocenters. The van der Waals surface area contributed by atoms with Crippen LogP contribution in [0.4, 0.5) is 4.39 Å². The lowest BCUT2D eigenvalue weighted by atomic mass is 10.0. The molecule has 0 heterocycles. The number of hydrogen-bond donors (Lipinski definition) is 0. The van der Waals surface area contributed by atoms with Crippen molar-refractivity contribution in [2.24, 2.45) is 0 Å². The summed E-state index contributed by atoms with van der Waals surface area (Å²) in [4.78, 5) is 0. The predicted molar refractivity (Wildman–Crippen MR) is 144 cm³/mol. The van der Waals surface area contributed by atoms with Crippen molar-refractivity contribution in [3.8, 4) is 0 Å². The molecule has 188 valence electrons. The van der Waals surface area contributed by atoms with Gasteiger partial charge in [0.25, 0.3) is 0 Å². The lowest BCUT2D eigenvalue weighted by Crippen LogP contribution is -2.00. The van der Waals surface area contributed by atoms with E-state index in [9.17, 15) is 4.39 Å². The molecule has 0 aliphatic carbocycles. The van der Waals surface area contributed by atoms with Crippen LogP contribution in [-0.2, 0) is 0 Å². The van der Waals surface area contributed by atoms with Gasteiger partial charge in [0, 0.05) is 5.33 Å². The molecule has 0 saturated heterocycles. The molecule has 31 heavy (non-hydrogen) atoms. The highest BCUT2D eigenvalue weighted by Crippen LogP contribution is 2.17. The molecule has 0 aromatic rings. The Balaban J connectivity index is 3.11. The lowest BCUT2D eigenvalue weighted by molar-refractivity contribution is 0.279. The highest BCUT2D eigenvalue weighted by molar-refractivity contribution is 9.09. The van der Waals surface area contributed by atoms with E-state index in [0.717, 1.165) is 31.0 Å². The third kappa shape index (κ3) is 28.4. The second kappa shape index (κ2) is 28.4. The molecule has 0 radical (unpaired) electrons. The van der Waals surface area contributed by atoms with Gasteiger partial charge in [0.2, 0.25) is 0 Å². The molecule has 0 fully saturated rings. The summed E-state index contributed by atoms with van der Waals surface area (Å²) in [6, 6.07) is 0. The Labute approximate surface area is 205 Å². The Morgan fingerprint density at radius 2 is 0.677 bits per heavy atom. The average molecular weight is 506 g/mol. The van der Waals surface area contributed by atoms with Crippen LogP contribution in [-0.4, -0.2) is 11.5 Å². The first-order valence-electron chi connectivity index (χ1n) is 14.5. The average Bonchev–Trinajstić information content (AvgIpc) is 2.77. The maximum atomic E-state index is 14.0. The molecular formula is C29H58BrF. The minimum Gasteiger partial charge on any atom is -0.247 e.